The second kappa shape index (κ2) is 5.10. The van der Waals surface area contributed by atoms with E-state index in [0.717, 1.165) is 32.8 Å². The third-order valence-electron chi connectivity index (χ3n) is 2.27. The normalized spacial score (nSPS) is 24.2. The maximum atomic E-state index is 5.42. The lowest BCUT2D eigenvalue weighted by molar-refractivity contribution is 0.0612. The van der Waals surface area contributed by atoms with Crippen molar-refractivity contribution in [2.75, 3.05) is 39.9 Å². The first kappa shape index (κ1) is 12.0. The Morgan fingerprint density at radius 1 is 1.43 bits per heavy atom. The van der Waals surface area contributed by atoms with Crippen LogP contribution in [0.4, 0.5) is 0 Å². The number of nitrogens with one attached hydrogen (secondary N) is 1. The minimum Gasteiger partial charge on any atom is -0.378 e. The van der Waals surface area contributed by atoms with Gasteiger partial charge in [0.15, 0.2) is 0 Å². The molecule has 14 heavy (non-hydrogen) atoms. The zero-order chi connectivity index (χ0) is 10.6. The lowest BCUT2D eigenvalue weighted by atomic mass is 9.96. The summed E-state index contributed by atoms with van der Waals surface area (Å²) in [7, 11) is 2.18. The predicted molar refractivity (Wildman–Crippen MR) is 59.6 cm³/mol. The van der Waals surface area contributed by atoms with Crippen LogP contribution in [-0.4, -0.2) is 50.8 Å². The summed E-state index contributed by atoms with van der Waals surface area (Å²) in [5, 5.41) is 3.47. The van der Waals surface area contributed by atoms with Gasteiger partial charge in [0.05, 0.1) is 13.2 Å². The number of likely N-dealkylation sites (N-methyl/N-ethyl adjacent to an activating group) is 1. The highest BCUT2D eigenvalue weighted by atomic mass is 16.5. The van der Waals surface area contributed by atoms with E-state index in [2.05, 4.69) is 38.0 Å². The van der Waals surface area contributed by atoms with Crippen LogP contribution < -0.4 is 5.32 Å². The van der Waals surface area contributed by atoms with E-state index in [4.69, 9.17) is 4.74 Å². The van der Waals surface area contributed by atoms with Crippen LogP contribution in [0, 0.1) is 5.41 Å². The quantitative estimate of drug-likeness (QED) is 0.734. The first-order chi connectivity index (χ1) is 6.47. The van der Waals surface area contributed by atoms with Crippen molar-refractivity contribution in [3.63, 3.8) is 0 Å². The molecule has 1 aliphatic heterocycles. The molecule has 1 heterocycles. The largest absolute Gasteiger partial charge is 0.378 e. The SMILES string of the molecule is CN(CC1COCCN1)CC(C)(C)C. The number of ether oxygens (including phenoxy) is 1. The Bertz CT molecular complexity index is 159. The fourth-order valence-electron chi connectivity index (χ4n) is 1.99. The van der Waals surface area contributed by atoms with Gasteiger partial charge in [-0.1, -0.05) is 20.8 Å². The van der Waals surface area contributed by atoms with Gasteiger partial charge < -0.3 is 15.0 Å². The standard InChI is InChI=1S/C11H24N2O/c1-11(2,3)9-13(4)7-10-8-14-6-5-12-10/h10,12H,5-9H2,1-4H3. The summed E-state index contributed by atoms with van der Waals surface area (Å²) in [6, 6.07) is 0.510. The summed E-state index contributed by atoms with van der Waals surface area (Å²) in [5.41, 5.74) is 0.379. The van der Waals surface area contributed by atoms with Crippen molar-refractivity contribution < 1.29 is 4.74 Å². The predicted octanol–water partition coefficient (Wildman–Crippen LogP) is 0.953. The van der Waals surface area contributed by atoms with Crippen LogP contribution in [0.15, 0.2) is 0 Å². The second-order valence-corrected chi connectivity index (χ2v) is 5.48. The maximum absolute atomic E-state index is 5.42. The molecule has 1 aliphatic rings. The molecule has 1 unspecified atom stereocenters. The van der Waals surface area contributed by atoms with E-state index in [1.54, 1.807) is 0 Å². The molecule has 1 fully saturated rings. The van der Waals surface area contributed by atoms with Gasteiger partial charge in [0.25, 0.3) is 0 Å². The van der Waals surface area contributed by atoms with E-state index in [9.17, 15) is 0 Å². The number of hydrogen-bond donors (Lipinski definition) is 1. The lowest BCUT2D eigenvalue weighted by Gasteiger charge is -2.31. The number of morpholine rings is 1. The van der Waals surface area contributed by atoms with Crippen molar-refractivity contribution in [2.45, 2.75) is 26.8 Å². The molecule has 84 valence electrons. The molecule has 0 amide bonds. The van der Waals surface area contributed by atoms with Crippen LogP contribution in [-0.2, 0) is 4.74 Å². The third kappa shape index (κ3) is 4.94. The van der Waals surface area contributed by atoms with Gasteiger partial charge >= 0.3 is 0 Å². The van der Waals surface area contributed by atoms with Gasteiger partial charge in [-0.25, -0.2) is 0 Å². The smallest absolute Gasteiger partial charge is 0.0632 e. The number of rotatable bonds is 3. The Labute approximate surface area is 87.8 Å². The molecule has 3 nitrogen and oxygen atoms in total. The first-order valence-electron chi connectivity index (χ1n) is 5.47. The average molecular weight is 200 g/mol. The Balaban J connectivity index is 2.21. The molecule has 0 saturated carbocycles. The summed E-state index contributed by atoms with van der Waals surface area (Å²) in [6.45, 7) is 11.7. The molecular formula is C11H24N2O. The van der Waals surface area contributed by atoms with Crippen molar-refractivity contribution in [2.24, 2.45) is 5.41 Å². The van der Waals surface area contributed by atoms with Crippen molar-refractivity contribution in [1.82, 2.24) is 10.2 Å². The highest BCUT2D eigenvalue weighted by Gasteiger charge is 2.18. The zero-order valence-electron chi connectivity index (χ0n) is 9.97. The van der Waals surface area contributed by atoms with E-state index in [0.29, 0.717) is 11.5 Å². The molecule has 0 bridgehead atoms. The summed E-state index contributed by atoms with van der Waals surface area (Å²) in [4.78, 5) is 2.38. The van der Waals surface area contributed by atoms with Crippen LogP contribution in [0.2, 0.25) is 0 Å². The van der Waals surface area contributed by atoms with Crippen LogP contribution in [0.1, 0.15) is 20.8 Å². The minimum absolute atomic E-state index is 0.379. The Hall–Kier alpha value is -0.120. The van der Waals surface area contributed by atoms with Crippen LogP contribution >= 0.6 is 0 Å². The van der Waals surface area contributed by atoms with Gasteiger partial charge in [-0.05, 0) is 12.5 Å². The summed E-state index contributed by atoms with van der Waals surface area (Å²) in [6.07, 6.45) is 0. The van der Waals surface area contributed by atoms with E-state index < -0.39 is 0 Å². The van der Waals surface area contributed by atoms with Gasteiger partial charge in [0, 0.05) is 25.7 Å². The minimum atomic E-state index is 0.379. The fourth-order valence-corrected chi connectivity index (χ4v) is 1.99. The van der Waals surface area contributed by atoms with Gasteiger partial charge in [-0.2, -0.15) is 0 Å². The van der Waals surface area contributed by atoms with E-state index in [1.165, 1.54) is 0 Å². The highest BCUT2D eigenvalue weighted by Crippen LogP contribution is 2.14. The molecule has 1 rings (SSSR count). The monoisotopic (exact) mass is 200 g/mol. The molecule has 0 spiro atoms. The fraction of sp³-hybridized carbons (Fsp3) is 1.00. The average Bonchev–Trinajstić information content (AvgIpc) is 2.02. The Kier molecular flexibility index (Phi) is 4.35. The number of hydrogen-bond acceptors (Lipinski definition) is 3. The molecule has 0 aromatic rings. The first-order valence-corrected chi connectivity index (χ1v) is 5.47. The van der Waals surface area contributed by atoms with Crippen LogP contribution in [0.3, 0.4) is 0 Å². The lowest BCUT2D eigenvalue weighted by Crippen LogP contribution is -2.48. The Morgan fingerprint density at radius 3 is 2.64 bits per heavy atom. The van der Waals surface area contributed by atoms with Gasteiger partial charge in [-0.15, -0.1) is 0 Å². The molecule has 0 radical (unpaired) electrons. The molecule has 1 N–H and O–H groups in total. The third-order valence-corrected chi connectivity index (χ3v) is 2.27. The van der Waals surface area contributed by atoms with Crippen molar-refractivity contribution in [1.29, 1.82) is 0 Å². The molecule has 1 saturated heterocycles. The topological polar surface area (TPSA) is 24.5 Å². The second-order valence-electron chi connectivity index (χ2n) is 5.48. The Morgan fingerprint density at radius 2 is 2.14 bits per heavy atom. The molecule has 0 aromatic carbocycles. The van der Waals surface area contributed by atoms with Crippen LogP contribution in [0.25, 0.3) is 0 Å². The zero-order valence-corrected chi connectivity index (χ0v) is 9.97. The van der Waals surface area contributed by atoms with E-state index in [-0.39, 0.29) is 0 Å². The van der Waals surface area contributed by atoms with Crippen LogP contribution in [0.5, 0.6) is 0 Å². The van der Waals surface area contributed by atoms with E-state index >= 15 is 0 Å². The molecule has 1 atom stereocenters. The van der Waals surface area contributed by atoms with Crippen molar-refractivity contribution in [3.8, 4) is 0 Å². The van der Waals surface area contributed by atoms with E-state index in [1.807, 2.05) is 0 Å². The number of nitrogens with zero attached hydrogens (tertiary/aromatic N) is 1. The summed E-state index contributed by atoms with van der Waals surface area (Å²) < 4.78 is 5.42. The summed E-state index contributed by atoms with van der Waals surface area (Å²) in [5.74, 6) is 0. The highest BCUT2D eigenvalue weighted by molar-refractivity contribution is 4.75. The van der Waals surface area contributed by atoms with Crippen molar-refractivity contribution in [3.05, 3.63) is 0 Å². The summed E-state index contributed by atoms with van der Waals surface area (Å²) >= 11 is 0. The maximum Gasteiger partial charge on any atom is 0.0632 e. The van der Waals surface area contributed by atoms with Gasteiger partial charge in [0.1, 0.15) is 0 Å². The molecular weight excluding hydrogens is 176 g/mol. The molecule has 0 aromatic heterocycles. The van der Waals surface area contributed by atoms with Gasteiger partial charge in [0.2, 0.25) is 0 Å². The van der Waals surface area contributed by atoms with Crippen molar-refractivity contribution >= 4 is 0 Å². The molecule has 3 heteroatoms. The molecule has 0 aliphatic carbocycles. The van der Waals surface area contributed by atoms with Gasteiger partial charge in [-0.3, -0.25) is 0 Å².